The van der Waals surface area contributed by atoms with Crippen molar-refractivity contribution in [3.05, 3.63) is 0 Å². The van der Waals surface area contributed by atoms with Crippen LogP contribution < -0.4 is 5.32 Å². The van der Waals surface area contributed by atoms with Crippen LogP contribution in [-0.2, 0) is 0 Å². The van der Waals surface area contributed by atoms with Crippen LogP contribution in [0.1, 0.15) is 27.2 Å². The topological polar surface area (TPSA) is 15.3 Å². The Morgan fingerprint density at radius 1 is 1.46 bits per heavy atom. The molecule has 4 atom stereocenters. The van der Waals surface area contributed by atoms with E-state index in [2.05, 4.69) is 31.0 Å². The minimum Gasteiger partial charge on any atom is -0.309 e. The van der Waals surface area contributed by atoms with Crippen LogP contribution >= 0.6 is 0 Å². The van der Waals surface area contributed by atoms with Crippen molar-refractivity contribution in [3.63, 3.8) is 0 Å². The van der Waals surface area contributed by atoms with E-state index in [9.17, 15) is 0 Å². The first kappa shape index (κ1) is 8.25. The van der Waals surface area contributed by atoms with Crippen LogP contribution in [0.5, 0.6) is 0 Å². The second kappa shape index (κ2) is 2.29. The van der Waals surface area contributed by atoms with Gasteiger partial charge in [-0.1, -0.05) is 0 Å². The number of nitrogens with one attached hydrogen (secondary N) is 1. The van der Waals surface area contributed by atoms with E-state index in [-0.39, 0.29) is 0 Å². The fourth-order valence-electron chi connectivity index (χ4n) is 3.62. The van der Waals surface area contributed by atoms with Crippen LogP contribution in [0.15, 0.2) is 0 Å². The Balaban J connectivity index is 1.79. The molecule has 3 aliphatic rings. The fourth-order valence-corrected chi connectivity index (χ4v) is 3.62. The highest BCUT2D eigenvalue weighted by Gasteiger charge is 2.68. The van der Waals surface area contributed by atoms with E-state index < -0.39 is 0 Å². The molecule has 2 saturated heterocycles. The first-order valence-corrected chi connectivity index (χ1v) is 5.63. The molecule has 2 heteroatoms. The molecule has 3 fully saturated rings. The summed E-state index contributed by atoms with van der Waals surface area (Å²) >= 11 is 0. The van der Waals surface area contributed by atoms with E-state index in [0.717, 1.165) is 24.0 Å². The molecule has 13 heavy (non-hydrogen) atoms. The third-order valence-corrected chi connectivity index (χ3v) is 4.58. The van der Waals surface area contributed by atoms with Crippen molar-refractivity contribution in [2.24, 2.45) is 11.3 Å². The molecule has 0 aromatic rings. The number of nitrogens with zero attached hydrogens (tertiary/aromatic N) is 1. The zero-order valence-electron chi connectivity index (χ0n) is 8.88. The summed E-state index contributed by atoms with van der Waals surface area (Å²) in [5.41, 5.74) is 0.712. The summed E-state index contributed by atoms with van der Waals surface area (Å²) in [6, 6.07) is 2.34. The van der Waals surface area contributed by atoms with Gasteiger partial charge in [0.25, 0.3) is 0 Å². The number of hydrogen-bond acceptors (Lipinski definition) is 2. The lowest BCUT2D eigenvalue weighted by molar-refractivity contribution is 0.250. The second-order valence-corrected chi connectivity index (χ2v) is 5.57. The zero-order valence-corrected chi connectivity index (χ0v) is 8.88. The molecule has 1 spiro atoms. The predicted octanol–water partition coefficient (Wildman–Crippen LogP) is 1.08. The number of rotatable bonds is 1. The minimum absolute atomic E-state index is 0.712. The smallest absolute Gasteiger partial charge is 0.0269 e. The highest BCUT2D eigenvalue weighted by molar-refractivity contribution is 5.23. The molecule has 1 aliphatic carbocycles. The van der Waals surface area contributed by atoms with Crippen LogP contribution in [0.4, 0.5) is 0 Å². The van der Waals surface area contributed by atoms with Gasteiger partial charge in [0.05, 0.1) is 0 Å². The largest absolute Gasteiger partial charge is 0.309 e. The lowest BCUT2D eigenvalue weighted by Gasteiger charge is -2.21. The summed E-state index contributed by atoms with van der Waals surface area (Å²) in [6.45, 7) is 9.64. The van der Waals surface area contributed by atoms with Gasteiger partial charge in [0, 0.05) is 36.6 Å². The molecule has 0 aromatic heterocycles. The molecule has 0 amide bonds. The molecule has 4 unspecified atom stereocenters. The number of piperidine rings is 1. The molecule has 2 aliphatic heterocycles. The number of hydrogen-bond donors (Lipinski definition) is 1. The van der Waals surface area contributed by atoms with Crippen LogP contribution in [0.2, 0.25) is 0 Å². The predicted molar refractivity (Wildman–Crippen MR) is 53.6 cm³/mol. The Kier molecular flexibility index (Phi) is 1.45. The van der Waals surface area contributed by atoms with Gasteiger partial charge in [0.1, 0.15) is 0 Å². The van der Waals surface area contributed by atoms with Crippen molar-refractivity contribution in [3.8, 4) is 0 Å². The summed E-state index contributed by atoms with van der Waals surface area (Å²) < 4.78 is 0. The lowest BCUT2D eigenvalue weighted by atomic mass is 10.0. The van der Waals surface area contributed by atoms with E-state index in [1.807, 2.05) is 0 Å². The Bertz CT molecular complexity index is 238. The Hall–Kier alpha value is -0.0800. The molecule has 3 rings (SSSR count). The normalized spacial score (nSPS) is 54.0. The highest BCUT2D eigenvalue weighted by atomic mass is 15.3. The van der Waals surface area contributed by atoms with Crippen molar-refractivity contribution in [2.75, 3.05) is 13.1 Å². The maximum atomic E-state index is 3.75. The van der Waals surface area contributed by atoms with Gasteiger partial charge in [-0.15, -0.1) is 0 Å². The van der Waals surface area contributed by atoms with E-state index in [4.69, 9.17) is 0 Å². The Morgan fingerprint density at radius 3 is 2.77 bits per heavy atom. The molecule has 74 valence electrons. The maximum absolute atomic E-state index is 3.75. The molecule has 0 aromatic carbocycles. The molecule has 0 bridgehead atoms. The van der Waals surface area contributed by atoms with Crippen LogP contribution in [0, 0.1) is 11.3 Å². The number of likely N-dealkylation sites (tertiary alicyclic amines) is 1. The maximum Gasteiger partial charge on any atom is 0.0269 e. The van der Waals surface area contributed by atoms with Crippen molar-refractivity contribution >= 4 is 0 Å². The molecular weight excluding hydrogens is 160 g/mol. The van der Waals surface area contributed by atoms with E-state index in [1.54, 1.807) is 0 Å². The fraction of sp³-hybridized carbons (Fsp3) is 1.00. The molecule has 0 radical (unpaired) electrons. The second-order valence-electron chi connectivity index (χ2n) is 5.57. The average Bonchev–Trinajstić information content (AvgIpc) is 2.54. The summed E-state index contributed by atoms with van der Waals surface area (Å²) in [5.74, 6) is 1.00. The van der Waals surface area contributed by atoms with E-state index in [0.29, 0.717) is 5.41 Å². The molecule has 2 nitrogen and oxygen atoms in total. The van der Waals surface area contributed by atoms with Crippen LogP contribution in [-0.4, -0.2) is 36.1 Å². The zero-order chi connectivity index (χ0) is 9.22. The summed E-state index contributed by atoms with van der Waals surface area (Å²) in [6.07, 6.45) is 1.50. The van der Waals surface area contributed by atoms with E-state index >= 15 is 0 Å². The standard InChI is InChI=1S/C11H20N2/c1-7(2)13-5-10-11(6-13)4-9(11)8(3)12-10/h7-10,12H,4-6H2,1-3H3. The molecule has 1 N–H and O–H groups in total. The van der Waals surface area contributed by atoms with Gasteiger partial charge < -0.3 is 5.32 Å². The lowest BCUT2D eigenvalue weighted by Crippen LogP contribution is -2.38. The quantitative estimate of drug-likeness (QED) is 0.649. The van der Waals surface area contributed by atoms with Gasteiger partial charge in [0.2, 0.25) is 0 Å². The third-order valence-electron chi connectivity index (χ3n) is 4.58. The average molecular weight is 180 g/mol. The van der Waals surface area contributed by atoms with Gasteiger partial charge in [-0.2, -0.15) is 0 Å². The molecular formula is C11H20N2. The van der Waals surface area contributed by atoms with Gasteiger partial charge in [0.15, 0.2) is 0 Å². The van der Waals surface area contributed by atoms with Crippen molar-refractivity contribution in [1.29, 1.82) is 0 Å². The third kappa shape index (κ3) is 0.909. The van der Waals surface area contributed by atoms with Crippen molar-refractivity contribution < 1.29 is 0 Å². The first-order valence-electron chi connectivity index (χ1n) is 5.63. The van der Waals surface area contributed by atoms with Crippen molar-refractivity contribution in [2.45, 2.75) is 45.3 Å². The first-order chi connectivity index (χ1) is 6.13. The SMILES string of the molecule is CC1NC2CN(C(C)C)CC23CC13. The van der Waals surface area contributed by atoms with Gasteiger partial charge in [-0.25, -0.2) is 0 Å². The van der Waals surface area contributed by atoms with Gasteiger partial charge in [-0.05, 0) is 33.1 Å². The van der Waals surface area contributed by atoms with Crippen molar-refractivity contribution in [1.82, 2.24) is 10.2 Å². The van der Waals surface area contributed by atoms with Gasteiger partial charge >= 0.3 is 0 Å². The van der Waals surface area contributed by atoms with E-state index in [1.165, 1.54) is 19.5 Å². The summed E-state index contributed by atoms with van der Waals surface area (Å²) in [4.78, 5) is 2.64. The Morgan fingerprint density at radius 2 is 2.23 bits per heavy atom. The van der Waals surface area contributed by atoms with Gasteiger partial charge in [-0.3, -0.25) is 4.90 Å². The highest BCUT2D eigenvalue weighted by Crippen LogP contribution is 2.63. The van der Waals surface area contributed by atoms with Crippen LogP contribution in [0.3, 0.4) is 0 Å². The van der Waals surface area contributed by atoms with Crippen LogP contribution in [0.25, 0.3) is 0 Å². The minimum atomic E-state index is 0.712. The molecule has 1 saturated carbocycles. The summed E-state index contributed by atoms with van der Waals surface area (Å²) in [7, 11) is 0. The summed E-state index contributed by atoms with van der Waals surface area (Å²) in [5, 5.41) is 3.75. The molecule has 2 heterocycles. The monoisotopic (exact) mass is 180 g/mol. The Labute approximate surface area is 80.7 Å².